The first-order valence-corrected chi connectivity index (χ1v) is 9.85. The molecule has 2 aromatic rings. The number of carbonyl (C=O) groups is 2. The maximum absolute atomic E-state index is 14.0. The second-order valence-corrected chi connectivity index (χ2v) is 7.18. The summed E-state index contributed by atoms with van der Waals surface area (Å²) in [5, 5.41) is 3.41. The van der Waals surface area contributed by atoms with Gasteiger partial charge in [-0.1, -0.05) is 55.3 Å². The summed E-state index contributed by atoms with van der Waals surface area (Å²) in [5.74, 6) is -0.973. The largest absolute Gasteiger partial charge is 0.354 e. The summed E-state index contributed by atoms with van der Waals surface area (Å²) >= 11 is 6.05. The van der Waals surface area contributed by atoms with Crippen LogP contribution in [0.1, 0.15) is 37.8 Å². The second-order valence-electron chi connectivity index (χ2n) is 6.74. The van der Waals surface area contributed by atoms with Crippen molar-refractivity contribution in [3.8, 4) is 0 Å². The van der Waals surface area contributed by atoms with Gasteiger partial charge in [0.15, 0.2) is 0 Å². The van der Waals surface area contributed by atoms with Crippen molar-refractivity contribution in [2.24, 2.45) is 0 Å². The summed E-state index contributed by atoms with van der Waals surface area (Å²) in [5.41, 5.74) is 1.12. The van der Waals surface area contributed by atoms with Crippen LogP contribution in [0.2, 0.25) is 5.02 Å². The number of unbranched alkanes of at least 4 members (excludes halogenated alkanes) is 1. The van der Waals surface area contributed by atoms with Gasteiger partial charge in [0.1, 0.15) is 11.9 Å². The molecule has 150 valence electrons. The molecule has 0 saturated heterocycles. The van der Waals surface area contributed by atoms with Crippen molar-refractivity contribution in [2.45, 2.75) is 45.7 Å². The third-order valence-electron chi connectivity index (χ3n) is 4.54. The van der Waals surface area contributed by atoms with Crippen molar-refractivity contribution in [3.63, 3.8) is 0 Å². The summed E-state index contributed by atoms with van der Waals surface area (Å²) in [6.45, 7) is 4.51. The standard InChI is InChI=1S/C22H26ClFN2O2/c1-3-4-12-25-22(28)16(2)26(15-17-8-7-10-19(23)13-17)21(27)14-18-9-5-6-11-20(18)24/h5-11,13,16H,3-4,12,14-15H2,1-2H3,(H,25,28)/t16-/m0/s1. The van der Waals surface area contributed by atoms with Crippen LogP contribution in [0, 0.1) is 5.82 Å². The first-order valence-electron chi connectivity index (χ1n) is 9.47. The van der Waals surface area contributed by atoms with Crippen LogP contribution in [0.3, 0.4) is 0 Å². The molecule has 2 rings (SSSR count). The Bertz CT molecular complexity index is 813. The molecule has 0 bridgehead atoms. The quantitative estimate of drug-likeness (QED) is 0.631. The van der Waals surface area contributed by atoms with E-state index in [9.17, 15) is 14.0 Å². The maximum atomic E-state index is 14.0. The Morgan fingerprint density at radius 3 is 2.61 bits per heavy atom. The van der Waals surface area contributed by atoms with Crippen LogP contribution in [0.25, 0.3) is 0 Å². The lowest BCUT2D eigenvalue weighted by Gasteiger charge is -2.29. The minimum absolute atomic E-state index is 0.111. The lowest BCUT2D eigenvalue weighted by atomic mass is 10.1. The monoisotopic (exact) mass is 404 g/mol. The van der Waals surface area contributed by atoms with E-state index in [4.69, 9.17) is 11.6 Å². The molecule has 0 aliphatic rings. The third kappa shape index (κ3) is 6.34. The van der Waals surface area contributed by atoms with Crippen molar-refractivity contribution in [1.29, 1.82) is 0 Å². The smallest absolute Gasteiger partial charge is 0.242 e. The van der Waals surface area contributed by atoms with Crippen LogP contribution in [0.4, 0.5) is 4.39 Å². The number of nitrogens with zero attached hydrogens (tertiary/aromatic N) is 1. The second kappa shape index (κ2) is 10.8. The number of hydrogen-bond donors (Lipinski definition) is 1. The first-order chi connectivity index (χ1) is 13.4. The molecular formula is C22H26ClFN2O2. The number of benzene rings is 2. The molecule has 0 aliphatic carbocycles. The Morgan fingerprint density at radius 2 is 1.93 bits per heavy atom. The molecule has 0 spiro atoms. The van der Waals surface area contributed by atoms with E-state index in [2.05, 4.69) is 5.32 Å². The van der Waals surface area contributed by atoms with E-state index in [1.165, 1.54) is 11.0 Å². The van der Waals surface area contributed by atoms with E-state index in [1.807, 2.05) is 13.0 Å². The Morgan fingerprint density at radius 1 is 1.18 bits per heavy atom. The Labute approximate surface area is 170 Å². The Balaban J connectivity index is 2.20. The van der Waals surface area contributed by atoms with Crippen LogP contribution in [0.5, 0.6) is 0 Å². The molecular weight excluding hydrogens is 379 g/mol. The predicted molar refractivity (Wildman–Crippen MR) is 109 cm³/mol. The van der Waals surface area contributed by atoms with E-state index in [0.717, 1.165) is 18.4 Å². The van der Waals surface area contributed by atoms with Gasteiger partial charge in [0.25, 0.3) is 0 Å². The topological polar surface area (TPSA) is 49.4 Å². The molecule has 4 nitrogen and oxygen atoms in total. The molecule has 0 fully saturated rings. The van der Waals surface area contributed by atoms with Gasteiger partial charge >= 0.3 is 0 Å². The van der Waals surface area contributed by atoms with Crippen molar-refractivity contribution < 1.29 is 14.0 Å². The zero-order chi connectivity index (χ0) is 20.5. The normalized spacial score (nSPS) is 11.7. The molecule has 0 saturated carbocycles. The first kappa shape index (κ1) is 21.9. The number of hydrogen-bond acceptors (Lipinski definition) is 2. The minimum atomic E-state index is -0.685. The van der Waals surface area contributed by atoms with Gasteiger partial charge in [0.05, 0.1) is 6.42 Å². The van der Waals surface area contributed by atoms with Crippen LogP contribution >= 0.6 is 11.6 Å². The lowest BCUT2D eigenvalue weighted by molar-refractivity contribution is -0.140. The van der Waals surface area contributed by atoms with Gasteiger partial charge in [0.2, 0.25) is 11.8 Å². The predicted octanol–water partition coefficient (Wildman–Crippen LogP) is 4.36. The fraction of sp³-hybridized carbons (Fsp3) is 0.364. The van der Waals surface area contributed by atoms with E-state index in [1.54, 1.807) is 43.3 Å². The van der Waals surface area contributed by atoms with Crippen LogP contribution in [0.15, 0.2) is 48.5 Å². The molecule has 0 unspecified atom stereocenters. The van der Waals surface area contributed by atoms with Gasteiger partial charge in [-0.15, -0.1) is 0 Å². The third-order valence-corrected chi connectivity index (χ3v) is 4.77. The number of rotatable bonds is 9. The molecule has 0 radical (unpaired) electrons. The number of carbonyl (C=O) groups excluding carboxylic acids is 2. The van der Waals surface area contributed by atoms with Crippen molar-refractivity contribution in [1.82, 2.24) is 10.2 Å². The van der Waals surface area contributed by atoms with E-state index in [0.29, 0.717) is 17.1 Å². The molecule has 2 aromatic carbocycles. The van der Waals surface area contributed by atoms with Gasteiger partial charge < -0.3 is 10.2 Å². The van der Waals surface area contributed by atoms with Gasteiger partial charge in [-0.3, -0.25) is 9.59 Å². The highest BCUT2D eigenvalue weighted by Crippen LogP contribution is 2.17. The molecule has 0 aliphatic heterocycles. The molecule has 28 heavy (non-hydrogen) atoms. The van der Waals surface area contributed by atoms with Crippen LogP contribution in [-0.2, 0) is 22.6 Å². The molecule has 2 amide bonds. The van der Waals surface area contributed by atoms with Gasteiger partial charge in [0, 0.05) is 18.1 Å². The zero-order valence-electron chi connectivity index (χ0n) is 16.3. The van der Waals surface area contributed by atoms with E-state index >= 15 is 0 Å². The van der Waals surface area contributed by atoms with Crippen molar-refractivity contribution in [2.75, 3.05) is 6.54 Å². The van der Waals surface area contributed by atoms with Crippen molar-refractivity contribution in [3.05, 3.63) is 70.5 Å². The number of halogens is 2. The molecule has 0 aromatic heterocycles. The Kier molecular flexibility index (Phi) is 8.45. The highest BCUT2D eigenvalue weighted by atomic mass is 35.5. The van der Waals surface area contributed by atoms with Crippen molar-refractivity contribution >= 4 is 23.4 Å². The minimum Gasteiger partial charge on any atom is -0.354 e. The SMILES string of the molecule is CCCCNC(=O)[C@H](C)N(Cc1cccc(Cl)c1)C(=O)Cc1ccccc1F. The van der Waals surface area contributed by atoms with Gasteiger partial charge in [-0.2, -0.15) is 0 Å². The fourth-order valence-corrected chi connectivity index (χ4v) is 3.07. The van der Waals surface area contributed by atoms with E-state index < -0.39 is 11.9 Å². The average Bonchev–Trinajstić information content (AvgIpc) is 2.67. The summed E-state index contributed by atoms with van der Waals surface area (Å²) in [4.78, 5) is 27.0. The molecule has 1 atom stereocenters. The zero-order valence-corrected chi connectivity index (χ0v) is 17.0. The highest BCUT2D eigenvalue weighted by Gasteiger charge is 2.26. The number of nitrogens with one attached hydrogen (secondary N) is 1. The molecule has 1 N–H and O–H groups in total. The highest BCUT2D eigenvalue weighted by molar-refractivity contribution is 6.30. The summed E-state index contributed by atoms with van der Waals surface area (Å²) in [7, 11) is 0. The van der Waals surface area contributed by atoms with Crippen LogP contribution < -0.4 is 5.32 Å². The van der Waals surface area contributed by atoms with Gasteiger partial charge in [-0.25, -0.2) is 4.39 Å². The Hall–Kier alpha value is -2.40. The average molecular weight is 405 g/mol. The fourth-order valence-electron chi connectivity index (χ4n) is 2.86. The maximum Gasteiger partial charge on any atom is 0.242 e. The molecule has 6 heteroatoms. The van der Waals surface area contributed by atoms with Crippen LogP contribution in [-0.4, -0.2) is 29.3 Å². The summed E-state index contributed by atoms with van der Waals surface area (Å²) < 4.78 is 14.0. The van der Waals surface area contributed by atoms with E-state index in [-0.39, 0.29) is 24.8 Å². The lowest BCUT2D eigenvalue weighted by Crippen LogP contribution is -2.48. The molecule has 0 heterocycles. The number of amides is 2. The summed E-state index contributed by atoms with van der Waals surface area (Å²) in [6.07, 6.45) is 1.73. The van der Waals surface area contributed by atoms with Gasteiger partial charge in [-0.05, 0) is 42.7 Å². The summed E-state index contributed by atoms with van der Waals surface area (Å²) in [6, 6.07) is 12.6.